The number of benzene rings is 1. The van der Waals surface area contributed by atoms with Crippen molar-refractivity contribution in [2.45, 2.75) is 31.9 Å². The quantitative estimate of drug-likeness (QED) is 0.596. The fourth-order valence-corrected chi connectivity index (χ4v) is 4.74. The van der Waals surface area contributed by atoms with E-state index < -0.39 is 0 Å². The molecule has 0 saturated carbocycles. The highest BCUT2D eigenvalue weighted by Gasteiger charge is 2.44. The molecule has 3 aliphatic heterocycles. The van der Waals surface area contributed by atoms with E-state index in [9.17, 15) is 4.79 Å². The average molecular weight is 366 g/mol. The third-order valence-corrected chi connectivity index (χ3v) is 6.09. The van der Waals surface area contributed by atoms with Crippen molar-refractivity contribution in [3.05, 3.63) is 48.7 Å². The Hall–Kier alpha value is -2.40. The van der Waals surface area contributed by atoms with Gasteiger partial charge >= 0.3 is 5.97 Å². The van der Waals surface area contributed by atoms with Crippen molar-refractivity contribution in [3.8, 4) is 5.75 Å². The van der Waals surface area contributed by atoms with E-state index in [2.05, 4.69) is 22.5 Å². The standard InChI is InChI=1S/C22H26N2O3/c1-4-15-13-24-10-8-16(15)11-21(24)22(27-14(2)25)18-7-9-23-20-6-5-17(26-3)12-19(18)20/h4-7,9,12,15-16,21-22H,1,8,10-11,13H2,2-3H3/t15-,16+,21-,22+/m1/s1. The molecule has 5 atom stereocenters. The minimum Gasteiger partial charge on any atom is -0.497 e. The summed E-state index contributed by atoms with van der Waals surface area (Å²) in [6.07, 6.45) is 5.77. The summed E-state index contributed by atoms with van der Waals surface area (Å²) in [5.41, 5.74) is 1.88. The number of esters is 1. The molecule has 142 valence electrons. The number of methoxy groups -OCH3 is 1. The zero-order valence-electron chi connectivity index (χ0n) is 15.9. The molecule has 1 unspecified atom stereocenters. The summed E-state index contributed by atoms with van der Waals surface area (Å²) in [7, 11) is 1.65. The molecule has 0 N–H and O–H groups in total. The Morgan fingerprint density at radius 1 is 1.41 bits per heavy atom. The Kier molecular flexibility index (Phi) is 4.87. The fraction of sp³-hybridized carbons (Fsp3) is 0.455. The van der Waals surface area contributed by atoms with E-state index in [4.69, 9.17) is 9.47 Å². The van der Waals surface area contributed by atoms with E-state index in [1.54, 1.807) is 13.3 Å². The predicted molar refractivity (Wildman–Crippen MR) is 105 cm³/mol. The summed E-state index contributed by atoms with van der Waals surface area (Å²) >= 11 is 0. The first-order chi connectivity index (χ1) is 13.1. The molecule has 2 aromatic rings. The van der Waals surface area contributed by atoms with E-state index in [1.807, 2.05) is 24.3 Å². The van der Waals surface area contributed by atoms with Crippen molar-refractivity contribution in [2.75, 3.05) is 20.2 Å². The average Bonchev–Trinajstić information content (AvgIpc) is 2.71. The second kappa shape index (κ2) is 7.31. The molecule has 5 nitrogen and oxygen atoms in total. The summed E-state index contributed by atoms with van der Waals surface area (Å²) in [6.45, 7) is 7.53. The number of aromatic nitrogens is 1. The molecular formula is C22H26N2O3. The van der Waals surface area contributed by atoms with Crippen LogP contribution in [0.1, 0.15) is 31.4 Å². The minimum atomic E-state index is -0.311. The van der Waals surface area contributed by atoms with Gasteiger partial charge in [0.1, 0.15) is 11.9 Å². The van der Waals surface area contributed by atoms with E-state index >= 15 is 0 Å². The summed E-state index contributed by atoms with van der Waals surface area (Å²) in [5, 5.41) is 0.978. The summed E-state index contributed by atoms with van der Waals surface area (Å²) in [5.74, 6) is 1.66. The molecule has 1 aromatic carbocycles. The maximum atomic E-state index is 12.0. The molecule has 4 heterocycles. The van der Waals surface area contributed by atoms with Crippen LogP contribution in [0, 0.1) is 11.8 Å². The first-order valence-corrected chi connectivity index (χ1v) is 9.57. The van der Waals surface area contributed by atoms with E-state index in [-0.39, 0.29) is 18.1 Å². The van der Waals surface area contributed by atoms with Gasteiger partial charge in [-0.3, -0.25) is 14.7 Å². The zero-order chi connectivity index (χ0) is 19.0. The highest BCUT2D eigenvalue weighted by Crippen LogP contribution is 2.43. The van der Waals surface area contributed by atoms with Crippen LogP contribution < -0.4 is 4.74 Å². The van der Waals surface area contributed by atoms with Crippen LogP contribution in [0.25, 0.3) is 10.9 Å². The molecule has 5 heteroatoms. The highest BCUT2D eigenvalue weighted by molar-refractivity contribution is 5.84. The number of ether oxygens (including phenoxy) is 2. The minimum absolute atomic E-state index is 0.181. The van der Waals surface area contributed by atoms with Gasteiger partial charge in [-0.25, -0.2) is 0 Å². The summed E-state index contributed by atoms with van der Waals surface area (Å²) in [4.78, 5) is 18.9. The Balaban J connectivity index is 1.76. The number of hydrogen-bond acceptors (Lipinski definition) is 5. The predicted octanol–water partition coefficient (Wildman–Crippen LogP) is 3.74. The molecule has 0 aliphatic carbocycles. The third-order valence-electron chi connectivity index (χ3n) is 6.09. The van der Waals surface area contributed by atoms with Gasteiger partial charge in [-0.05, 0) is 55.5 Å². The maximum Gasteiger partial charge on any atom is 0.303 e. The first kappa shape index (κ1) is 18.0. The van der Waals surface area contributed by atoms with Crippen molar-refractivity contribution >= 4 is 16.9 Å². The van der Waals surface area contributed by atoms with Gasteiger partial charge in [0.25, 0.3) is 0 Å². The maximum absolute atomic E-state index is 12.0. The monoisotopic (exact) mass is 366 g/mol. The lowest BCUT2D eigenvalue weighted by Crippen LogP contribution is -2.55. The van der Waals surface area contributed by atoms with Gasteiger partial charge in [0, 0.05) is 30.6 Å². The highest BCUT2D eigenvalue weighted by atomic mass is 16.5. The van der Waals surface area contributed by atoms with Crippen molar-refractivity contribution in [2.24, 2.45) is 11.8 Å². The largest absolute Gasteiger partial charge is 0.497 e. The normalized spacial score (nSPS) is 27.9. The number of pyridine rings is 1. The number of piperidine rings is 3. The van der Waals surface area contributed by atoms with Gasteiger partial charge in [-0.1, -0.05) is 6.08 Å². The van der Waals surface area contributed by atoms with Crippen LogP contribution in [0.4, 0.5) is 0 Å². The van der Waals surface area contributed by atoms with Gasteiger partial charge in [0.15, 0.2) is 0 Å². The van der Waals surface area contributed by atoms with Crippen molar-refractivity contribution in [1.82, 2.24) is 9.88 Å². The lowest BCUT2D eigenvalue weighted by Gasteiger charge is -2.51. The lowest BCUT2D eigenvalue weighted by molar-refractivity contribution is -0.154. The fourth-order valence-electron chi connectivity index (χ4n) is 4.74. The first-order valence-electron chi connectivity index (χ1n) is 9.57. The van der Waals surface area contributed by atoms with Crippen LogP contribution in [0.2, 0.25) is 0 Å². The number of hydrogen-bond donors (Lipinski definition) is 0. The summed E-state index contributed by atoms with van der Waals surface area (Å²) < 4.78 is 11.3. The van der Waals surface area contributed by atoms with E-state index in [0.29, 0.717) is 11.8 Å². The van der Waals surface area contributed by atoms with Crippen LogP contribution in [0.3, 0.4) is 0 Å². The molecule has 2 bridgehead atoms. The zero-order valence-corrected chi connectivity index (χ0v) is 15.9. The SMILES string of the molecule is C=C[C@@H]1CN2CC[C@H]1C[C@@H]2[C@@H](OC(C)=O)c1ccnc2ccc(OC)cc12. The van der Waals surface area contributed by atoms with Gasteiger partial charge in [0.05, 0.1) is 18.7 Å². The number of fused-ring (bicyclic) bond motifs is 4. The Morgan fingerprint density at radius 3 is 2.93 bits per heavy atom. The molecule has 0 radical (unpaired) electrons. The molecule has 5 rings (SSSR count). The van der Waals surface area contributed by atoms with E-state index in [1.165, 1.54) is 13.3 Å². The van der Waals surface area contributed by atoms with Gasteiger partial charge in [-0.15, -0.1) is 6.58 Å². The van der Waals surface area contributed by atoms with Crippen LogP contribution in [-0.2, 0) is 9.53 Å². The molecule has 0 amide bonds. The summed E-state index contributed by atoms with van der Waals surface area (Å²) in [6, 6.07) is 7.99. The Bertz CT molecular complexity index is 866. The number of rotatable bonds is 5. The number of carbonyl (C=O) groups is 1. The van der Waals surface area contributed by atoms with Crippen LogP contribution in [-0.4, -0.2) is 42.1 Å². The van der Waals surface area contributed by atoms with Crippen molar-refractivity contribution in [3.63, 3.8) is 0 Å². The van der Waals surface area contributed by atoms with Crippen LogP contribution >= 0.6 is 0 Å². The second-order valence-corrected chi connectivity index (χ2v) is 7.56. The third kappa shape index (κ3) is 3.32. The molecule has 0 spiro atoms. The number of nitrogens with zero attached hydrogens (tertiary/aromatic N) is 2. The van der Waals surface area contributed by atoms with Crippen molar-refractivity contribution in [1.29, 1.82) is 0 Å². The molecule has 27 heavy (non-hydrogen) atoms. The van der Waals surface area contributed by atoms with Gasteiger partial charge in [-0.2, -0.15) is 0 Å². The Labute approximate surface area is 160 Å². The molecular weight excluding hydrogens is 340 g/mol. The van der Waals surface area contributed by atoms with Gasteiger partial charge in [0.2, 0.25) is 0 Å². The molecule has 1 aromatic heterocycles. The lowest BCUT2D eigenvalue weighted by atomic mass is 9.73. The number of carbonyl (C=O) groups excluding carboxylic acids is 1. The Morgan fingerprint density at radius 2 is 2.26 bits per heavy atom. The second-order valence-electron chi connectivity index (χ2n) is 7.56. The smallest absolute Gasteiger partial charge is 0.303 e. The van der Waals surface area contributed by atoms with Crippen LogP contribution in [0.5, 0.6) is 5.75 Å². The van der Waals surface area contributed by atoms with Crippen molar-refractivity contribution < 1.29 is 14.3 Å². The molecule has 3 fully saturated rings. The molecule has 3 saturated heterocycles. The molecule has 3 aliphatic rings. The van der Waals surface area contributed by atoms with Gasteiger partial charge < -0.3 is 9.47 Å². The van der Waals surface area contributed by atoms with Crippen LogP contribution in [0.15, 0.2) is 43.1 Å². The topological polar surface area (TPSA) is 51.7 Å². The van der Waals surface area contributed by atoms with E-state index in [0.717, 1.165) is 41.7 Å².